The van der Waals surface area contributed by atoms with E-state index in [1.807, 2.05) is 0 Å². The summed E-state index contributed by atoms with van der Waals surface area (Å²) < 4.78 is 0. The molecule has 1 amide bonds. The number of carboxylic acid groups (broad SMARTS) is 1. The number of hydrogen-bond donors (Lipinski definition) is 2. The third-order valence-electron chi connectivity index (χ3n) is 3.65. The zero-order valence-electron chi connectivity index (χ0n) is 9.37. The van der Waals surface area contributed by atoms with E-state index in [0.29, 0.717) is 12.8 Å². The molecule has 90 valence electrons. The van der Waals surface area contributed by atoms with Crippen molar-refractivity contribution in [1.29, 1.82) is 0 Å². The lowest BCUT2D eigenvalue weighted by Crippen LogP contribution is -2.59. The molecule has 2 rings (SSSR count). The summed E-state index contributed by atoms with van der Waals surface area (Å²) in [5, 5.41) is 12.0. The van der Waals surface area contributed by atoms with Crippen LogP contribution in [0.25, 0.3) is 0 Å². The van der Waals surface area contributed by atoms with Gasteiger partial charge in [-0.15, -0.1) is 0 Å². The van der Waals surface area contributed by atoms with Crippen molar-refractivity contribution in [3.8, 4) is 0 Å². The smallest absolute Gasteiger partial charge is 0.323 e. The highest BCUT2D eigenvalue weighted by atomic mass is 16.4. The fourth-order valence-corrected chi connectivity index (χ4v) is 2.32. The van der Waals surface area contributed by atoms with E-state index in [4.69, 9.17) is 5.11 Å². The Bertz CT molecular complexity index is 294. The van der Waals surface area contributed by atoms with Crippen molar-refractivity contribution >= 4 is 11.9 Å². The summed E-state index contributed by atoms with van der Waals surface area (Å²) in [4.78, 5) is 24.6. The Balaban J connectivity index is 1.81. The SMILES string of the molecule is O=C(CNC1(C(=O)O)CCC1)N1CCCC1. The van der Waals surface area contributed by atoms with Crippen molar-refractivity contribution in [2.24, 2.45) is 0 Å². The van der Waals surface area contributed by atoms with Crippen LogP contribution in [-0.4, -0.2) is 47.1 Å². The average Bonchev–Trinajstić information content (AvgIpc) is 2.67. The van der Waals surface area contributed by atoms with E-state index in [0.717, 1.165) is 32.4 Å². The molecule has 16 heavy (non-hydrogen) atoms. The van der Waals surface area contributed by atoms with Gasteiger partial charge >= 0.3 is 5.97 Å². The van der Waals surface area contributed by atoms with Crippen molar-refractivity contribution in [1.82, 2.24) is 10.2 Å². The Hall–Kier alpha value is -1.10. The lowest BCUT2D eigenvalue weighted by molar-refractivity contribution is -0.149. The molecule has 0 bridgehead atoms. The minimum absolute atomic E-state index is 0.0324. The number of nitrogens with one attached hydrogen (secondary N) is 1. The minimum Gasteiger partial charge on any atom is -0.480 e. The van der Waals surface area contributed by atoms with Crippen molar-refractivity contribution in [3.63, 3.8) is 0 Å². The van der Waals surface area contributed by atoms with Crippen LogP contribution in [-0.2, 0) is 9.59 Å². The van der Waals surface area contributed by atoms with E-state index in [2.05, 4.69) is 5.32 Å². The van der Waals surface area contributed by atoms with Gasteiger partial charge in [-0.1, -0.05) is 0 Å². The maximum absolute atomic E-state index is 11.7. The highest BCUT2D eigenvalue weighted by molar-refractivity contribution is 5.83. The number of rotatable bonds is 4. The summed E-state index contributed by atoms with van der Waals surface area (Å²) in [6.07, 6.45) is 4.33. The van der Waals surface area contributed by atoms with Gasteiger partial charge in [-0.3, -0.25) is 14.9 Å². The fraction of sp³-hybridized carbons (Fsp3) is 0.818. The van der Waals surface area contributed by atoms with Crippen molar-refractivity contribution in [3.05, 3.63) is 0 Å². The van der Waals surface area contributed by atoms with Crippen molar-refractivity contribution in [2.75, 3.05) is 19.6 Å². The van der Waals surface area contributed by atoms with Crippen LogP contribution in [0.4, 0.5) is 0 Å². The summed E-state index contributed by atoms with van der Waals surface area (Å²) in [7, 11) is 0. The first-order valence-corrected chi connectivity index (χ1v) is 5.90. The summed E-state index contributed by atoms with van der Waals surface area (Å²) in [6.45, 7) is 1.80. The van der Waals surface area contributed by atoms with E-state index >= 15 is 0 Å². The van der Waals surface area contributed by atoms with Crippen LogP contribution < -0.4 is 5.32 Å². The zero-order valence-corrected chi connectivity index (χ0v) is 9.37. The molecule has 0 aromatic carbocycles. The van der Waals surface area contributed by atoms with Crippen molar-refractivity contribution in [2.45, 2.75) is 37.6 Å². The van der Waals surface area contributed by atoms with E-state index < -0.39 is 11.5 Å². The molecule has 0 radical (unpaired) electrons. The Morgan fingerprint density at radius 2 is 1.81 bits per heavy atom. The largest absolute Gasteiger partial charge is 0.480 e. The second kappa shape index (κ2) is 4.41. The van der Waals surface area contributed by atoms with Gasteiger partial charge in [0.15, 0.2) is 0 Å². The fourth-order valence-electron chi connectivity index (χ4n) is 2.32. The normalized spacial score (nSPS) is 22.9. The summed E-state index contributed by atoms with van der Waals surface area (Å²) >= 11 is 0. The van der Waals surface area contributed by atoms with Gasteiger partial charge in [-0.05, 0) is 32.1 Å². The molecule has 1 saturated heterocycles. The van der Waals surface area contributed by atoms with Crippen LogP contribution in [0.15, 0.2) is 0 Å². The molecular formula is C11H18N2O3. The van der Waals surface area contributed by atoms with E-state index in [1.165, 1.54) is 0 Å². The first kappa shape index (κ1) is 11.4. The van der Waals surface area contributed by atoms with Crippen LogP contribution in [0, 0.1) is 0 Å². The van der Waals surface area contributed by atoms with Crippen LogP contribution in [0.3, 0.4) is 0 Å². The van der Waals surface area contributed by atoms with Crippen LogP contribution >= 0.6 is 0 Å². The molecule has 1 aliphatic heterocycles. The standard InChI is InChI=1S/C11H18N2O3/c14-9(13-6-1-2-7-13)8-12-11(10(15)16)4-3-5-11/h12H,1-8H2,(H,15,16). The molecule has 2 aliphatic rings. The number of aliphatic carboxylic acids is 1. The Morgan fingerprint density at radius 3 is 2.25 bits per heavy atom. The Kier molecular flexibility index (Phi) is 3.14. The number of amides is 1. The lowest BCUT2D eigenvalue weighted by atomic mass is 9.77. The molecule has 0 aromatic heterocycles. The van der Waals surface area contributed by atoms with E-state index in [1.54, 1.807) is 4.90 Å². The van der Waals surface area contributed by atoms with Gasteiger partial charge in [0.1, 0.15) is 5.54 Å². The maximum atomic E-state index is 11.7. The number of carbonyl (C=O) groups excluding carboxylic acids is 1. The summed E-state index contributed by atoms with van der Waals surface area (Å²) in [5.41, 5.74) is -0.824. The molecule has 0 unspecified atom stereocenters. The third kappa shape index (κ3) is 2.04. The molecule has 2 N–H and O–H groups in total. The number of likely N-dealkylation sites (tertiary alicyclic amines) is 1. The van der Waals surface area contributed by atoms with Crippen LogP contribution in [0.1, 0.15) is 32.1 Å². The van der Waals surface area contributed by atoms with Crippen molar-refractivity contribution < 1.29 is 14.7 Å². The average molecular weight is 226 g/mol. The lowest BCUT2D eigenvalue weighted by Gasteiger charge is -2.38. The Labute approximate surface area is 94.8 Å². The quantitative estimate of drug-likeness (QED) is 0.718. The highest BCUT2D eigenvalue weighted by Gasteiger charge is 2.44. The van der Waals surface area contributed by atoms with E-state index in [-0.39, 0.29) is 12.5 Å². The number of carboxylic acids is 1. The second-order valence-electron chi connectivity index (χ2n) is 4.68. The van der Waals surface area contributed by atoms with E-state index in [9.17, 15) is 9.59 Å². The van der Waals surface area contributed by atoms with Crippen LogP contribution in [0.2, 0.25) is 0 Å². The molecule has 1 aliphatic carbocycles. The second-order valence-corrected chi connectivity index (χ2v) is 4.68. The summed E-state index contributed by atoms with van der Waals surface area (Å²) in [6, 6.07) is 0. The van der Waals surface area contributed by atoms with Gasteiger partial charge in [-0.2, -0.15) is 0 Å². The molecule has 0 spiro atoms. The van der Waals surface area contributed by atoms with Gasteiger partial charge < -0.3 is 10.0 Å². The summed E-state index contributed by atoms with van der Waals surface area (Å²) in [5.74, 6) is -0.794. The molecule has 5 heteroatoms. The van der Waals surface area contributed by atoms with Crippen LogP contribution in [0.5, 0.6) is 0 Å². The molecule has 5 nitrogen and oxygen atoms in total. The number of hydrogen-bond acceptors (Lipinski definition) is 3. The maximum Gasteiger partial charge on any atom is 0.323 e. The third-order valence-corrected chi connectivity index (χ3v) is 3.65. The monoisotopic (exact) mass is 226 g/mol. The molecule has 1 heterocycles. The first-order valence-electron chi connectivity index (χ1n) is 5.90. The molecular weight excluding hydrogens is 208 g/mol. The molecule has 0 atom stereocenters. The minimum atomic E-state index is -0.826. The molecule has 0 aromatic rings. The first-order chi connectivity index (χ1) is 7.64. The topological polar surface area (TPSA) is 69.6 Å². The highest BCUT2D eigenvalue weighted by Crippen LogP contribution is 2.31. The predicted molar refractivity (Wildman–Crippen MR) is 58.0 cm³/mol. The number of nitrogens with zero attached hydrogens (tertiary/aromatic N) is 1. The van der Waals surface area contributed by atoms with Gasteiger partial charge in [0.2, 0.25) is 5.91 Å². The zero-order chi connectivity index (χ0) is 11.6. The number of carbonyl (C=O) groups is 2. The molecule has 1 saturated carbocycles. The predicted octanol–water partition coefficient (Wildman–Crippen LogP) is 0.206. The Morgan fingerprint density at radius 1 is 1.19 bits per heavy atom. The van der Waals surface area contributed by atoms with Gasteiger partial charge in [0.05, 0.1) is 6.54 Å². The van der Waals surface area contributed by atoms with Gasteiger partial charge in [-0.25, -0.2) is 0 Å². The molecule has 2 fully saturated rings. The van der Waals surface area contributed by atoms with Gasteiger partial charge in [0.25, 0.3) is 0 Å². The van der Waals surface area contributed by atoms with Gasteiger partial charge in [0, 0.05) is 13.1 Å².